The zero-order valence-electron chi connectivity index (χ0n) is 6.82. The first-order valence-electron chi connectivity index (χ1n) is 4.39. The number of rotatable bonds is 1. The van der Waals surface area contributed by atoms with Gasteiger partial charge in [-0.1, -0.05) is 13.3 Å². The van der Waals surface area contributed by atoms with Crippen molar-refractivity contribution in [2.45, 2.75) is 45.4 Å². The molecular weight excluding hydrogens is 120 g/mol. The molecule has 0 heteroatoms. The van der Waals surface area contributed by atoms with Gasteiger partial charge in [-0.2, -0.15) is 0 Å². The molecule has 0 nitrogen and oxygen atoms in total. The van der Waals surface area contributed by atoms with E-state index in [1.807, 2.05) is 0 Å². The van der Waals surface area contributed by atoms with Gasteiger partial charge in [-0.15, -0.1) is 11.8 Å². The topological polar surface area (TPSA) is 0 Å². The molecule has 0 N–H and O–H groups in total. The maximum atomic E-state index is 3.20. The molecule has 1 unspecified atom stereocenters. The van der Waals surface area contributed by atoms with Gasteiger partial charge in [-0.3, -0.25) is 0 Å². The van der Waals surface area contributed by atoms with Crippen LogP contribution in [-0.2, 0) is 0 Å². The van der Waals surface area contributed by atoms with E-state index in [9.17, 15) is 0 Å². The molecule has 0 saturated carbocycles. The minimum Gasteiger partial charge on any atom is -0.103 e. The van der Waals surface area contributed by atoms with Crippen molar-refractivity contribution in [3.63, 3.8) is 0 Å². The highest BCUT2D eigenvalue weighted by molar-refractivity contribution is 5.00. The third-order valence-corrected chi connectivity index (χ3v) is 2.29. The Morgan fingerprint density at radius 3 is 2.80 bits per heavy atom. The van der Waals surface area contributed by atoms with Gasteiger partial charge in [0, 0.05) is 12.8 Å². The molecule has 1 atom stereocenters. The predicted octanol–water partition coefficient (Wildman–Crippen LogP) is 2.98. The highest BCUT2D eigenvalue weighted by Gasteiger charge is 2.05. The van der Waals surface area contributed by atoms with Gasteiger partial charge < -0.3 is 0 Å². The Morgan fingerprint density at radius 2 is 2.00 bits per heavy atom. The van der Waals surface area contributed by atoms with E-state index in [0.717, 1.165) is 18.8 Å². The van der Waals surface area contributed by atoms with Crippen molar-refractivity contribution >= 4 is 0 Å². The second-order valence-electron chi connectivity index (χ2n) is 3.06. The Bertz CT molecular complexity index is 136. The van der Waals surface area contributed by atoms with E-state index in [1.54, 1.807) is 0 Å². The molecule has 0 saturated heterocycles. The molecule has 0 aliphatic heterocycles. The zero-order chi connectivity index (χ0) is 7.23. The van der Waals surface area contributed by atoms with Crippen molar-refractivity contribution < 1.29 is 0 Å². The van der Waals surface area contributed by atoms with Crippen LogP contribution in [0.2, 0.25) is 0 Å². The Hall–Kier alpha value is -0.440. The molecule has 10 heavy (non-hydrogen) atoms. The van der Waals surface area contributed by atoms with Gasteiger partial charge in [-0.25, -0.2) is 0 Å². The van der Waals surface area contributed by atoms with Gasteiger partial charge in [0.1, 0.15) is 0 Å². The lowest BCUT2D eigenvalue weighted by molar-refractivity contribution is 0.429. The molecule has 1 aliphatic carbocycles. The van der Waals surface area contributed by atoms with Crippen molar-refractivity contribution in [2.75, 3.05) is 0 Å². The van der Waals surface area contributed by atoms with E-state index in [0.29, 0.717) is 0 Å². The highest BCUT2D eigenvalue weighted by atomic mass is 14.1. The first-order valence-corrected chi connectivity index (χ1v) is 4.39. The van der Waals surface area contributed by atoms with Gasteiger partial charge in [-0.05, 0) is 25.2 Å². The van der Waals surface area contributed by atoms with Crippen molar-refractivity contribution in [2.24, 2.45) is 5.92 Å². The number of hydrogen-bond acceptors (Lipinski definition) is 0. The summed E-state index contributed by atoms with van der Waals surface area (Å²) in [4.78, 5) is 0. The molecule has 0 heterocycles. The van der Waals surface area contributed by atoms with Crippen LogP contribution in [-0.4, -0.2) is 0 Å². The van der Waals surface area contributed by atoms with Crippen LogP contribution in [0.15, 0.2) is 0 Å². The van der Waals surface area contributed by atoms with Crippen LogP contribution in [0.1, 0.15) is 45.4 Å². The fourth-order valence-electron chi connectivity index (χ4n) is 1.48. The van der Waals surface area contributed by atoms with Gasteiger partial charge in [0.2, 0.25) is 0 Å². The fraction of sp³-hybridized carbons (Fsp3) is 0.800. The molecule has 0 amide bonds. The summed E-state index contributed by atoms with van der Waals surface area (Å²) in [7, 11) is 0. The summed E-state index contributed by atoms with van der Waals surface area (Å²) in [5.41, 5.74) is 0. The molecule has 0 aromatic rings. The van der Waals surface area contributed by atoms with Crippen molar-refractivity contribution in [3.05, 3.63) is 0 Å². The summed E-state index contributed by atoms with van der Waals surface area (Å²) >= 11 is 0. The minimum absolute atomic E-state index is 0.967. The molecule has 1 aliphatic rings. The lowest BCUT2D eigenvalue weighted by Crippen LogP contribution is -1.99. The molecule has 0 radical (unpaired) electrons. The van der Waals surface area contributed by atoms with E-state index in [4.69, 9.17) is 0 Å². The van der Waals surface area contributed by atoms with Crippen LogP contribution in [0.3, 0.4) is 0 Å². The summed E-state index contributed by atoms with van der Waals surface area (Å²) in [5.74, 6) is 7.35. The van der Waals surface area contributed by atoms with Gasteiger partial charge >= 0.3 is 0 Å². The first-order chi connectivity index (χ1) is 4.93. The summed E-state index contributed by atoms with van der Waals surface area (Å²) in [6.07, 6.45) is 7.69. The van der Waals surface area contributed by atoms with Gasteiger partial charge in [0.05, 0.1) is 0 Å². The standard InChI is InChI=1S/C10H16/c1-2-10-8-6-4-3-5-7-9-10/h10H,2,4,6-9H2,1H3. The molecule has 0 bridgehead atoms. The Labute approximate surface area is 64.0 Å². The average molecular weight is 136 g/mol. The van der Waals surface area contributed by atoms with E-state index >= 15 is 0 Å². The SMILES string of the molecule is CCC1CCC#CCCC1. The van der Waals surface area contributed by atoms with E-state index in [-0.39, 0.29) is 0 Å². The van der Waals surface area contributed by atoms with Gasteiger partial charge in [0.15, 0.2) is 0 Å². The Morgan fingerprint density at radius 1 is 1.20 bits per heavy atom. The smallest absolute Gasteiger partial charge is 0.00913 e. The average Bonchev–Trinajstić information content (AvgIpc) is 1.87. The molecule has 56 valence electrons. The summed E-state index contributed by atoms with van der Waals surface area (Å²) < 4.78 is 0. The third kappa shape index (κ3) is 2.43. The summed E-state index contributed by atoms with van der Waals surface area (Å²) in [5, 5.41) is 0. The Balaban J connectivity index is 2.31. The summed E-state index contributed by atoms with van der Waals surface area (Å²) in [6, 6.07) is 0. The van der Waals surface area contributed by atoms with Crippen LogP contribution < -0.4 is 0 Å². The second-order valence-corrected chi connectivity index (χ2v) is 3.06. The van der Waals surface area contributed by atoms with E-state index < -0.39 is 0 Å². The Kier molecular flexibility index (Phi) is 3.36. The first kappa shape index (κ1) is 7.66. The largest absolute Gasteiger partial charge is 0.103 e. The molecule has 0 aromatic carbocycles. The van der Waals surface area contributed by atoms with E-state index in [2.05, 4.69) is 18.8 Å². The maximum Gasteiger partial charge on any atom is 0.00913 e. The lowest BCUT2D eigenvalue weighted by atomic mass is 9.93. The monoisotopic (exact) mass is 136 g/mol. The van der Waals surface area contributed by atoms with Crippen molar-refractivity contribution in [3.8, 4) is 11.8 Å². The van der Waals surface area contributed by atoms with Crippen LogP contribution >= 0.6 is 0 Å². The maximum absolute atomic E-state index is 3.20. The van der Waals surface area contributed by atoms with Crippen LogP contribution in [0, 0.1) is 17.8 Å². The van der Waals surface area contributed by atoms with Crippen LogP contribution in [0.25, 0.3) is 0 Å². The molecular formula is C10H16. The van der Waals surface area contributed by atoms with Crippen LogP contribution in [0.4, 0.5) is 0 Å². The lowest BCUT2D eigenvalue weighted by Gasteiger charge is -2.12. The number of hydrogen-bond donors (Lipinski definition) is 0. The zero-order valence-corrected chi connectivity index (χ0v) is 6.82. The van der Waals surface area contributed by atoms with Crippen LogP contribution in [0.5, 0.6) is 0 Å². The molecule has 0 spiro atoms. The highest BCUT2D eigenvalue weighted by Crippen LogP contribution is 2.19. The normalized spacial score (nSPS) is 25.9. The molecule has 1 rings (SSSR count). The van der Waals surface area contributed by atoms with Crippen molar-refractivity contribution in [1.82, 2.24) is 0 Å². The van der Waals surface area contributed by atoms with E-state index in [1.165, 1.54) is 25.7 Å². The molecule has 0 fully saturated rings. The second kappa shape index (κ2) is 4.39. The van der Waals surface area contributed by atoms with Crippen molar-refractivity contribution in [1.29, 1.82) is 0 Å². The fourth-order valence-corrected chi connectivity index (χ4v) is 1.48. The van der Waals surface area contributed by atoms with Gasteiger partial charge in [0.25, 0.3) is 0 Å². The third-order valence-electron chi connectivity index (χ3n) is 2.29. The minimum atomic E-state index is 0.967. The quantitative estimate of drug-likeness (QED) is 0.486. The summed E-state index contributed by atoms with van der Waals surface area (Å²) in [6.45, 7) is 2.29. The predicted molar refractivity (Wildman–Crippen MR) is 44.6 cm³/mol. The molecule has 0 aromatic heterocycles.